The van der Waals surface area contributed by atoms with Gasteiger partial charge in [-0.1, -0.05) is 6.07 Å². The van der Waals surface area contributed by atoms with Gasteiger partial charge in [0, 0.05) is 7.11 Å². The van der Waals surface area contributed by atoms with E-state index in [1.807, 2.05) is 18.2 Å². The SMILES string of the molecule is COCc1ccc2ocnc2c1. The van der Waals surface area contributed by atoms with Gasteiger partial charge in [-0.25, -0.2) is 4.98 Å². The first-order chi connectivity index (χ1) is 5.90. The van der Waals surface area contributed by atoms with E-state index >= 15 is 0 Å². The molecule has 1 aromatic carbocycles. The van der Waals surface area contributed by atoms with E-state index in [0.29, 0.717) is 6.61 Å². The Balaban J connectivity index is 2.46. The molecule has 0 radical (unpaired) electrons. The van der Waals surface area contributed by atoms with Gasteiger partial charge in [0.1, 0.15) is 5.52 Å². The van der Waals surface area contributed by atoms with Crippen molar-refractivity contribution in [2.45, 2.75) is 6.61 Å². The smallest absolute Gasteiger partial charge is 0.181 e. The zero-order valence-corrected chi connectivity index (χ0v) is 6.78. The third kappa shape index (κ3) is 1.19. The molecule has 0 saturated carbocycles. The lowest BCUT2D eigenvalue weighted by Crippen LogP contribution is -1.85. The first kappa shape index (κ1) is 7.31. The molecular formula is C9H9NO2. The maximum Gasteiger partial charge on any atom is 0.181 e. The van der Waals surface area contributed by atoms with Gasteiger partial charge in [0.05, 0.1) is 6.61 Å². The van der Waals surface area contributed by atoms with Crippen LogP contribution in [0.15, 0.2) is 29.0 Å². The maximum absolute atomic E-state index is 5.10. The van der Waals surface area contributed by atoms with E-state index in [2.05, 4.69) is 4.98 Å². The van der Waals surface area contributed by atoms with E-state index < -0.39 is 0 Å². The molecule has 62 valence electrons. The van der Waals surface area contributed by atoms with Gasteiger partial charge < -0.3 is 9.15 Å². The van der Waals surface area contributed by atoms with Crippen molar-refractivity contribution in [3.63, 3.8) is 0 Å². The van der Waals surface area contributed by atoms with Gasteiger partial charge >= 0.3 is 0 Å². The molecule has 0 unspecified atom stereocenters. The summed E-state index contributed by atoms with van der Waals surface area (Å²) < 4.78 is 10.1. The van der Waals surface area contributed by atoms with E-state index in [-0.39, 0.29) is 0 Å². The summed E-state index contributed by atoms with van der Waals surface area (Å²) in [6, 6.07) is 5.83. The fourth-order valence-electron chi connectivity index (χ4n) is 1.16. The van der Waals surface area contributed by atoms with Gasteiger partial charge in [-0.3, -0.25) is 0 Å². The summed E-state index contributed by atoms with van der Waals surface area (Å²) in [7, 11) is 1.67. The average Bonchev–Trinajstić information content (AvgIpc) is 2.51. The Bertz CT molecular complexity index is 381. The van der Waals surface area contributed by atoms with Gasteiger partial charge in [-0.2, -0.15) is 0 Å². The molecule has 12 heavy (non-hydrogen) atoms. The van der Waals surface area contributed by atoms with Crippen molar-refractivity contribution < 1.29 is 9.15 Å². The highest BCUT2D eigenvalue weighted by molar-refractivity contribution is 5.72. The highest BCUT2D eigenvalue weighted by atomic mass is 16.5. The van der Waals surface area contributed by atoms with Gasteiger partial charge in [0.15, 0.2) is 12.0 Å². The van der Waals surface area contributed by atoms with Crippen molar-refractivity contribution in [2.24, 2.45) is 0 Å². The molecule has 3 nitrogen and oxygen atoms in total. The molecule has 0 aliphatic heterocycles. The molecule has 2 rings (SSSR count). The third-order valence-electron chi connectivity index (χ3n) is 1.71. The van der Waals surface area contributed by atoms with Crippen LogP contribution in [0.4, 0.5) is 0 Å². The Hall–Kier alpha value is -1.35. The first-order valence-electron chi connectivity index (χ1n) is 3.71. The van der Waals surface area contributed by atoms with Crippen LogP contribution in [0.25, 0.3) is 11.1 Å². The van der Waals surface area contributed by atoms with Gasteiger partial charge in [0.25, 0.3) is 0 Å². The first-order valence-corrected chi connectivity index (χ1v) is 3.71. The largest absolute Gasteiger partial charge is 0.443 e. The topological polar surface area (TPSA) is 35.3 Å². The molecule has 0 amide bonds. The van der Waals surface area contributed by atoms with Crippen LogP contribution >= 0.6 is 0 Å². The van der Waals surface area contributed by atoms with Crippen LogP contribution < -0.4 is 0 Å². The number of hydrogen-bond acceptors (Lipinski definition) is 3. The van der Waals surface area contributed by atoms with Crippen molar-refractivity contribution in [1.82, 2.24) is 4.98 Å². The monoisotopic (exact) mass is 163 g/mol. The molecule has 0 aliphatic carbocycles. The second-order valence-electron chi connectivity index (χ2n) is 2.59. The van der Waals surface area contributed by atoms with Crippen LogP contribution in [0.5, 0.6) is 0 Å². The van der Waals surface area contributed by atoms with Crippen LogP contribution in [0.3, 0.4) is 0 Å². The predicted molar refractivity (Wildman–Crippen MR) is 44.7 cm³/mol. The Morgan fingerprint density at radius 2 is 2.42 bits per heavy atom. The molecule has 0 aliphatic rings. The number of nitrogens with zero attached hydrogens (tertiary/aromatic N) is 1. The average molecular weight is 163 g/mol. The van der Waals surface area contributed by atoms with Gasteiger partial charge in [-0.15, -0.1) is 0 Å². The second-order valence-corrected chi connectivity index (χ2v) is 2.59. The van der Waals surface area contributed by atoms with E-state index in [9.17, 15) is 0 Å². The summed E-state index contributed by atoms with van der Waals surface area (Å²) in [5, 5.41) is 0. The highest BCUT2D eigenvalue weighted by Crippen LogP contribution is 2.14. The summed E-state index contributed by atoms with van der Waals surface area (Å²) in [6.45, 7) is 0.614. The molecule has 3 heteroatoms. The van der Waals surface area contributed by atoms with Crippen molar-refractivity contribution in [1.29, 1.82) is 0 Å². The Labute approximate surface area is 70.0 Å². The summed E-state index contributed by atoms with van der Waals surface area (Å²) in [5.41, 5.74) is 2.80. The number of rotatable bonds is 2. The van der Waals surface area contributed by atoms with E-state index in [0.717, 1.165) is 16.7 Å². The number of methoxy groups -OCH3 is 1. The quantitative estimate of drug-likeness (QED) is 0.679. The van der Waals surface area contributed by atoms with Crippen LogP contribution in [0.1, 0.15) is 5.56 Å². The molecule has 2 aromatic rings. The zero-order valence-electron chi connectivity index (χ0n) is 6.78. The summed E-state index contributed by atoms with van der Waals surface area (Å²) in [5.74, 6) is 0. The summed E-state index contributed by atoms with van der Waals surface area (Å²) >= 11 is 0. The van der Waals surface area contributed by atoms with Crippen LogP contribution in [0.2, 0.25) is 0 Å². The minimum atomic E-state index is 0.614. The molecule has 0 bridgehead atoms. The molecule has 0 fully saturated rings. The molecule has 0 saturated heterocycles. The van der Waals surface area contributed by atoms with Crippen molar-refractivity contribution >= 4 is 11.1 Å². The fourth-order valence-corrected chi connectivity index (χ4v) is 1.16. The Kier molecular flexibility index (Phi) is 1.80. The molecule has 1 aromatic heterocycles. The Morgan fingerprint density at radius 3 is 3.25 bits per heavy atom. The Morgan fingerprint density at radius 1 is 1.50 bits per heavy atom. The van der Waals surface area contributed by atoms with Crippen molar-refractivity contribution in [3.8, 4) is 0 Å². The number of benzene rings is 1. The van der Waals surface area contributed by atoms with Crippen molar-refractivity contribution in [3.05, 3.63) is 30.2 Å². The van der Waals surface area contributed by atoms with Gasteiger partial charge in [-0.05, 0) is 17.7 Å². The second kappa shape index (κ2) is 2.95. The number of hydrogen-bond donors (Lipinski definition) is 0. The minimum absolute atomic E-state index is 0.614. The molecule has 0 spiro atoms. The molecule has 0 atom stereocenters. The van der Waals surface area contributed by atoms with Crippen molar-refractivity contribution in [2.75, 3.05) is 7.11 Å². The summed E-state index contributed by atoms with van der Waals surface area (Å²) in [4.78, 5) is 4.04. The highest BCUT2D eigenvalue weighted by Gasteiger charge is 1.98. The lowest BCUT2D eigenvalue weighted by atomic mass is 10.2. The number of oxazole rings is 1. The lowest BCUT2D eigenvalue weighted by Gasteiger charge is -1.96. The zero-order chi connectivity index (χ0) is 8.39. The summed E-state index contributed by atoms with van der Waals surface area (Å²) in [6.07, 6.45) is 1.45. The lowest BCUT2D eigenvalue weighted by molar-refractivity contribution is 0.185. The van der Waals surface area contributed by atoms with Gasteiger partial charge in [0.2, 0.25) is 0 Å². The number of aromatic nitrogens is 1. The normalized spacial score (nSPS) is 10.8. The third-order valence-corrected chi connectivity index (χ3v) is 1.71. The maximum atomic E-state index is 5.10. The fraction of sp³-hybridized carbons (Fsp3) is 0.222. The van der Waals surface area contributed by atoms with Crippen LogP contribution in [-0.2, 0) is 11.3 Å². The van der Waals surface area contributed by atoms with E-state index in [1.54, 1.807) is 7.11 Å². The molecular weight excluding hydrogens is 154 g/mol. The molecule has 0 N–H and O–H groups in total. The van der Waals surface area contributed by atoms with E-state index in [1.165, 1.54) is 6.39 Å². The standard InChI is InChI=1S/C9H9NO2/c1-11-5-7-2-3-9-8(4-7)10-6-12-9/h2-4,6H,5H2,1H3. The number of ether oxygens (including phenoxy) is 1. The molecule has 1 heterocycles. The van der Waals surface area contributed by atoms with E-state index in [4.69, 9.17) is 9.15 Å². The predicted octanol–water partition coefficient (Wildman–Crippen LogP) is 1.97. The van der Waals surface area contributed by atoms with Crippen LogP contribution in [-0.4, -0.2) is 12.1 Å². The number of fused-ring (bicyclic) bond motifs is 1. The van der Waals surface area contributed by atoms with Crippen LogP contribution in [0, 0.1) is 0 Å². The minimum Gasteiger partial charge on any atom is -0.443 e.